The molecule has 0 radical (unpaired) electrons. The number of rotatable bonds is 2. The molecule has 0 aliphatic heterocycles. The van der Waals surface area contributed by atoms with Crippen LogP contribution in [-0.2, 0) is 0 Å². The molecule has 1 aromatic carbocycles. The first-order chi connectivity index (χ1) is 5.99. The van der Waals surface area contributed by atoms with E-state index in [1.54, 1.807) is 0 Å². The fraction of sp³-hybridized carbons (Fsp3) is 0.333. The molecule has 1 atom stereocenters. The SMILES string of the molecule is ClC(Cl)(Cl)C[C@H](Br)c1ccccc1. The maximum Gasteiger partial charge on any atom is 0.192 e. The van der Waals surface area contributed by atoms with E-state index >= 15 is 0 Å². The zero-order chi connectivity index (χ0) is 9.90. The summed E-state index contributed by atoms with van der Waals surface area (Å²) < 4.78 is -1.20. The van der Waals surface area contributed by atoms with E-state index in [9.17, 15) is 0 Å². The molecule has 0 N–H and O–H groups in total. The lowest BCUT2D eigenvalue weighted by Crippen LogP contribution is -2.05. The third kappa shape index (κ3) is 4.55. The second-order valence-corrected chi connectivity index (χ2v) is 6.32. The van der Waals surface area contributed by atoms with E-state index < -0.39 is 3.79 Å². The summed E-state index contributed by atoms with van der Waals surface area (Å²) >= 11 is 20.5. The molecule has 72 valence electrons. The Morgan fingerprint density at radius 3 is 2.15 bits per heavy atom. The van der Waals surface area contributed by atoms with E-state index in [1.165, 1.54) is 0 Å². The molecule has 0 aromatic heterocycles. The standard InChI is InChI=1S/C9H8BrCl3/c10-8(6-9(11,12)13)7-4-2-1-3-5-7/h1-5,8H,6H2/t8-/m0/s1. The molecule has 0 aliphatic carbocycles. The summed E-state index contributed by atoms with van der Waals surface area (Å²) in [6, 6.07) is 9.87. The van der Waals surface area contributed by atoms with Crippen molar-refractivity contribution in [3.63, 3.8) is 0 Å². The van der Waals surface area contributed by atoms with E-state index in [2.05, 4.69) is 15.9 Å². The molecule has 0 spiro atoms. The van der Waals surface area contributed by atoms with Gasteiger partial charge in [-0.25, -0.2) is 0 Å². The molecule has 0 saturated heterocycles. The summed E-state index contributed by atoms with van der Waals surface area (Å²) in [5, 5.41) is 0. The molecule has 0 unspecified atom stereocenters. The molecular weight excluding hydrogens is 294 g/mol. The summed E-state index contributed by atoms with van der Waals surface area (Å²) in [6.45, 7) is 0. The predicted octanol–water partition coefficient (Wildman–Crippen LogP) is 4.88. The van der Waals surface area contributed by atoms with Crippen LogP contribution in [-0.4, -0.2) is 3.79 Å². The van der Waals surface area contributed by atoms with Crippen LogP contribution in [0.1, 0.15) is 16.8 Å². The van der Waals surface area contributed by atoms with Crippen LogP contribution in [0.3, 0.4) is 0 Å². The van der Waals surface area contributed by atoms with Gasteiger partial charge in [-0.2, -0.15) is 0 Å². The van der Waals surface area contributed by atoms with Gasteiger partial charge in [0.25, 0.3) is 0 Å². The Morgan fingerprint density at radius 1 is 1.15 bits per heavy atom. The molecule has 1 rings (SSSR count). The van der Waals surface area contributed by atoms with Crippen LogP contribution < -0.4 is 0 Å². The molecule has 0 aliphatic rings. The first kappa shape index (κ1) is 11.6. The molecule has 0 saturated carbocycles. The van der Waals surface area contributed by atoms with Crippen molar-refractivity contribution < 1.29 is 0 Å². The Balaban J connectivity index is 2.64. The zero-order valence-electron chi connectivity index (χ0n) is 6.68. The van der Waals surface area contributed by atoms with E-state index in [0.29, 0.717) is 6.42 Å². The van der Waals surface area contributed by atoms with Gasteiger partial charge in [-0.05, 0) is 5.56 Å². The summed E-state index contributed by atoms with van der Waals surface area (Å²) in [6.07, 6.45) is 0.460. The monoisotopic (exact) mass is 300 g/mol. The van der Waals surface area contributed by atoms with Crippen LogP contribution >= 0.6 is 50.7 Å². The maximum absolute atomic E-state index is 5.68. The van der Waals surface area contributed by atoms with E-state index in [4.69, 9.17) is 34.8 Å². The van der Waals surface area contributed by atoms with Gasteiger partial charge in [-0.15, -0.1) is 0 Å². The predicted molar refractivity (Wildman–Crippen MR) is 63.0 cm³/mol. The minimum absolute atomic E-state index is 0.0844. The minimum atomic E-state index is -1.20. The molecule has 0 amide bonds. The number of hydrogen-bond acceptors (Lipinski definition) is 0. The summed E-state index contributed by atoms with van der Waals surface area (Å²) in [5.41, 5.74) is 1.12. The molecule has 0 nitrogen and oxygen atoms in total. The number of hydrogen-bond donors (Lipinski definition) is 0. The van der Waals surface area contributed by atoms with Crippen LogP contribution in [0.15, 0.2) is 30.3 Å². The number of halogens is 4. The van der Waals surface area contributed by atoms with Crippen molar-refractivity contribution in [2.45, 2.75) is 15.0 Å². The van der Waals surface area contributed by atoms with Crippen LogP contribution in [0.5, 0.6) is 0 Å². The Bertz CT molecular complexity index is 255. The fourth-order valence-electron chi connectivity index (χ4n) is 0.983. The quantitative estimate of drug-likeness (QED) is 0.683. The highest BCUT2D eigenvalue weighted by atomic mass is 79.9. The van der Waals surface area contributed by atoms with E-state index in [0.717, 1.165) is 5.56 Å². The van der Waals surface area contributed by atoms with Crippen molar-refractivity contribution in [3.05, 3.63) is 35.9 Å². The van der Waals surface area contributed by atoms with Crippen LogP contribution in [0.2, 0.25) is 0 Å². The molecule has 0 heterocycles. The van der Waals surface area contributed by atoms with Crippen molar-refractivity contribution in [2.24, 2.45) is 0 Å². The average Bonchev–Trinajstić information content (AvgIpc) is 2.03. The van der Waals surface area contributed by atoms with Gasteiger partial charge in [0, 0.05) is 11.2 Å². The van der Waals surface area contributed by atoms with Crippen LogP contribution in [0.4, 0.5) is 0 Å². The Morgan fingerprint density at radius 2 is 1.69 bits per heavy atom. The van der Waals surface area contributed by atoms with Gasteiger partial charge in [0.1, 0.15) is 0 Å². The molecule has 4 heteroatoms. The number of alkyl halides is 4. The Labute approximate surface area is 101 Å². The van der Waals surface area contributed by atoms with Crippen molar-refractivity contribution in [2.75, 3.05) is 0 Å². The second kappa shape index (κ2) is 4.88. The van der Waals surface area contributed by atoms with Gasteiger partial charge in [-0.1, -0.05) is 81.1 Å². The summed E-state index contributed by atoms with van der Waals surface area (Å²) in [4.78, 5) is 0.0844. The van der Waals surface area contributed by atoms with Gasteiger partial charge in [0.05, 0.1) is 0 Å². The molecule has 1 aromatic rings. The highest BCUT2D eigenvalue weighted by molar-refractivity contribution is 9.09. The Kier molecular flexibility index (Phi) is 4.37. The lowest BCUT2D eigenvalue weighted by molar-refractivity contribution is 0.843. The number of benzene rings is 1. The molecular formula is C9H8BrCl3. The average molecular weight is 302 g/mol. The molecule has 13 heavy (non-hydrogen) atoms. The lowest BCUT2D eigenvalue weighted by Gasteiger charge is -2.15. The van der Waals surface area contributed by atoms with Gasteiger partial charge >= 0.3 is 0 Å². The van der Waals surface area contributed by atoms with Crippen molar-refractivity contribution >= 4 is 50.7 Å². The Hall–Kier alpha value is 0.570. The maximum atomic E-state index is 5.68. The normalized spacial score (nSPS) is 14.2. The van der Waals surface area contributed by atoms with Crippen LogP contribution in [0.25, 0.3) is 0 Å². The summed E-state index contributed by atoms with van der Waals surface area (Å²) in [7, 11) is 0. The molecule has 0 fully saturated rings. The third-order valence-electron chi connectivity index (χ3n) is 1.57. The van der Waals surface area contributed by atoms with Crippen molar-refractivity contribution in [3.8, 4) is 0 Å². The van der Waals surface area contributed by atoms with Gasteiger partial charge in [-0.3, -0.25) is 0 Å². The molecule has 0 bridgehead atoms. The smallest absolute Gasteiger partial charge is 0.0837 e. The first-order valence-electron chi connectivity index (χ1n) is 3.75. The lowest BCUT2D eigenvalue weighted by atomic mass is 10.1. The largest absolute Gasteiger partial charge is 0.192 e. The third-order valence-corrected chi connectivity index (χ3v) is 2.89. The van der Waals surface area contributed by atoms with E-state index in [-0.39, 0.29) is 4.83 Å². The van der Waals surface area contributed by atoms with Gasteiger partial charge in [0.15, 0.2) is 3.79 Å². The zero-order valence-corrected chi connectivity index (χ0v) is 10.5. The van der Waals surface area contributed by atoms with Crippen molar-refractivity contribution in [1.82, 2.24) is 0 Å². The highest BCUT2D eigenvalue weighted by Crippen LogP contribution is 2.40. The van der Waals surface area contributed by atoms with Crippen molar-refractivity contribution in [1.29, 1.82) is 0 Å². The fourth-order valence-corrected chi connectivity index (χ4v) is 2.80. The topological polar surface area (TPSA) is 0 Å². The second-order valence-electron chi connectivity index (χ2n) is 2.70. The first-order valence-corrected chi connectivity index (χ1v) is 5.80. The van der Waals surface area contributed by atoms with Gasteiger partial charge in [0.2, 0.25) is 0 Å². The van der Waals surface area contributed by atoms with E-state index in [1.807, 2.05) is 30.3 Å². The highest BCUT2D eigenvalue weighted by Gasteiger charge is 2.24. The van der Waals surface area contributed by atoms with Crippen LogP contribution in [0, 0.1) is 0 Å². The van der Waals surface area contributed by atoms with Gasteiger partial charge < -0.3 is 0 Å². The minimum Gasteiger partial charge on any atom is -0.0837 e. The summed E-state index contributed by atoms with van der Waals surface area (Å²) in [5.74, 6) is 0.